The van der Waals surface area contributed by atoms with Crippen molar-refractivity contribution in [1.29, 1.82) is 0 Å². The first kappa shape index (κ1) is 13.7. The third-order valence-electron chi connectivity index (χ3n) is 3.07. The van der Waals surface area contributed by atoms with Crippen LogP contribution in [0.4, 0.5) is 11.8 Å². The van der Waals surface area contributed by atoms with Gasteiger partial charge in [-0.1, -0.05) is 13.8 Å². The molecule has 5 nitrogen and oxygen atoms in total. The van der Waals surface area contributed by atoms with E-state index < -0.39 is 0 Å². The molecule has 0 atom stereocenters. The second-order valence-electron chi connectivity index (χ2n) is 4.56. The lowest BCUT2D eigenvalue weighted by Crippen LogP contribution is -2.45. The topological polar surface area (TPSA) is 67.1 Å². The number of nitrogens with zero attached hydrogens (tertiary/aromatic N) is 3. The van der Waals surface area contributed by atoms with Crippen LogP contribution in [0.1, 0.15) is 26.7 Å². The van der Waals surface area contributed by atoms with E-state index in [0.29, 0.717) is 5.95 Å². The first-order chi connectivity index (χ1) is 8.00. The molecular weight excluding hydrogens is 214 g/mol. The minimum Gasteiger partial charge on any atom is -0.368 e. The molecule has 5 heteroatoms. The molecule has 0 aliphatic heterocycles. The lowest BCUT2D eigenvalue weighted by atomic mass is 9.94. The summed E-state index contributed by atoms with van der Waals surface area (Å²) in [4.78, 5) is 10.4. The van der Waals surface area contributed by atoms with Gasteiger partial charge in [0.25, 0.3) is 0 Å². The summed E-state index contributed by atoms with van der Waals surface area (Å²) < 4.78 is 0. The number of hydrogen-bond acceptors (Lipinski definition) is 5. The minimum atomic E-state index is -0.163. The van der Waals surface area contributed by atoms with Crippen LogP contribution in [0.2, 0.25) is 0 Å². The van der Waals surface area contributed by atoms with Crippen LogP contribution in [-0.4, -0.2) is 36.1 Å². The Bertz CT molecular complexity index is 347. The van der Waals surface area contributed by atoms with E-state index in [-0.39, 0.29) is 5.54 Å². The van der Waals surface area contributed by atoms with Crippen LogP contribution in [0.3, 0.4) is 0 Å². The fourth-order valence-corrected chi connectivity index (χ4v) is 1.43. The summed E-state index contributed by atoms with van der Waals surface area (Å²) in [5.74, 6) is 1.52. The largest absolute Gasteiger partial charge is 0.368 e. The van der Waals surface area contributed by atoms with Gasteiger partial charge in [-0.05, 0) is 18.9 Å². The summed E-state index contributed by atoms with van der Waals surface area (Å²) in [5.41, 5.74) is 6.06. The van der Waals surface area contributed by atoms with Crippen LogP contribution in [0.5, 0.6) is 0 Å². The predicted molar refractivity (Wildman–Crippen MR) is 72.3 cm³/mol. The number of nitrogens with two attached hydrogens (primary N) is 1. The van der Waals surface area contributed by atoms with E-state index in [4.69, 9.17) is 5.73 Å². The van der Waals surface area contributed by atoms with Crippen LogP contribution < -0.4 is 16.0 Å². The molecule has 0 bridgehead atoms. The Hall–Kier alpha value is -1.36. The second kappa shape index (κ2) is 5.82. The second-order valence-corrected chi connectivity index (χ2v) is 4.56. The molecule has 0 saturated carbocycles. The highest BCUT2D eigenvalue weighted by Gasteiger charge is 2.19. The van der Waals surface area contributed by atoms with Crippen molar-refractivity contribution < 1.29 is 0 Å². The molecule has 0 fully saturated rings. The Morgan fingerprint density at radius 3 is 2.53 bits per heavy atom. The van der Waals surface area contributed by atoms with Crippen molar-refractivity contribution >= 4 is 11.8 Å². The molecule has 1 aromatic rings. The zero-order chi connectivity index (χ0) is 12.9. The van der Waals surface area contributed by atoms with Gasteiger partial charge in [0, 0.05) is 32.4 Å². The van der Waals surface area contributed by atoms with E-state index in [0.717, 1.165) is 25.2 Å². The molecule has 1 aromatic heterocycles. The Kier molecular flexibility index (Phi) is 4.69. The Labute approximate surface area is 103 Å². The van der Waals surface area contributed by atoms with Crippen LogP contribution in [0.15, 0.2) is 12.3 Å². The molecule has 0 aliphatic rings. The van der Waals surface area contributed by atoms with E-state index >= 15 is 0 Å². The molecule has 1 rings (SSSR count). The van der Waals surface area contributed by atoms with Crippen molar-refractivity contribution in [3.63, 3.8) is 0 Å². The van der Waals surface area contributed by atoms with Crippen molar-refractivity contribution in [1.82, 2.24) is 9.97 Å². The molecule has 0 radical (unpaired) electrons. The summed E-state index contributed by atoms with van der Waals surface area (Å²) in [6.07, 6.45) is 3.64. The minimum absolute atomic E-state index is 0.163. The summed E-state index contributed by atoms with van der Waals surface area (Å²) in [6, 6.07) is 1.86. The zero-order valence-corrected chi connectivity index (χ0v) is 11.2. The van der Waals surface area contributed by atoms with Gasteiger partial charge < -0.3 is 16.0 Å². The third kappa shape index (κ3) is 3.85. The highest BCUT2D eigenvalue weighted by Crippen LogP contribution is 2.13. The zero-order valence-electron chi connectivity index (χ0n) is 11.2. The maximum absolute atomic E-state index is 6.23. The van der Waals surface area contributed by atoms with Gasteiger partial charge in [-0.2, -0.15) is 4.98 Å². The predicted octanol–water partition coefficient (Wildman–Crippen LogP) is 1.47. The van der Waals surface area contributed by atoms with Crippen LogP contribution in [0.25, 0.3) is 0 Å². The van der Waals surface area contributed by atoms with Gasteiger partial charge in [0.15, 0.2) is 0 Å². The van der Waals surface area contributed by atoms with Gasteiger partial charge in [-0.25, -0.2) is 4.98 Å². The number of anilines is 2. The Morgan fingerprint density at radius 2 is 2.00 bits per heavy atom. The van der Waals surface area contributed by atoms with E-state index in [1.54, 1.807) is 6.20 Å². The highest BCUT2D eigenvalue weighted by molar-refractivity contribution is 5.40. The van der Waals surface area contributed by atoms with E-state index in [1.165, 1.54) is 0 Å². The number of hydrogen-bond donors (Lipinski definition) is 2. The molecule has 0 spiro atoms. The lowest BCUT2D eigenvalue weighted by molar-refractivity contribution is 0.418. The fraction of sp³-hybridized carbons (Fsp3) is 0.667. The average molecular weight is 237 g/mol. The van der Waals surface area contributed by atoms with Crippen molar-refractivity contribution in [3.8, 4) is 0 Å². The Balaban J connectivity index is 2.66. The molecule has 17 heavy (non-hydrogen) atoms. The van der Waals surface area contributed by atoms with Crippen molar-refractivity contribution in [2.24, 2.45) is 5.73 Å². The summed E-state index contributed by atoms with van der Waals surface area (Å²) in [6.45, 7) is 4.94. The quantitative estimate of drug-likeness (QED) is 0.784. The van der Waals surface area contributed by atoms with Crippen LogP contribution in [-0.2, 0) is 0 Å². The van der Waals surface area contributed by atoms with Gasteiger partial charge in [0.1, 0.15) is 5.82 Å². The first-order valence-electron chi connectivity index (χ1n) is 6.04. The summed E-state index contributed by atoms with van der Waals surface area (Å²) in [7, 11) is 3.84. The molecule has 0 aromatic carbocycles. The van der Waals surface area contributed by atoms with Crippen molar-refractivity contribution in [3.05, 3.63) is 12.3 Å². The van der Waals surface area contributed by atoms with E-state index in [1.807, 2.05) is 25.1 Å². The van der Waals surface area contributed by atoms with E-state index in [9.17, 15) is 0 Å². The molecule has 1 heterocycles. The molecule has 0 aliphatic carbocycles. The van der Waals surface area contributed by atoms with Crippen molar-refractivity contribution in [2.45, 2.75) is 32.2 Å². The smallest absolute Gasteiger partial charge is 0.226 e. The average Bonchev–Trinajstić information content (AvgIpc) is 2.36. The lowest BCUT2D eigenvalue weighted by Gasteiger charge is -2.27. The van der Waals surface area contributed by atoms with Gasteiger partial charge >= 0.3 is 0 Å². The van der Waals surface area contributed by atoms with Gasteiger partial charge in [0.05, 0.1) is 0 Å². The maximum atomic E-state index is 6.23. The number of rotatable bonds is 6. The van der Waals surface area contributed by atoms with Crippen LogP contribution in [0, 0.1) is 0 Å². The summed E-state index contributed by atoms with van der Waals surface area (Å²) in [5, 5.41) is 3.28. The maximum Gasteiger partial charge on any atom is 0.226 e. The number of nitrogens with one attached hydrogen (secondary N) is 1. The molecular formula is C12H23N5. The fourth-order valence-electron chi connectivity index (χ4n) is 1.43. The molecule has 96 valence electrons. The third-order valence-corrected chi connectivity index (χ3v) is 3.07. The standard InChI is InChI=1S/C12H23N5/c1-5-12(13,6-2)9-15-10-7-8-14-11(16-10)17(3)4/h7-8H,5-6,9,13H2,1-4H3,(H,14,15,16). The van der Waals surface area contributed by atoms with Gasteiger partial charge in [-0.3, -0.25) is 0 Å². The van der Waals surface area contributed by atoms with E-state index in [2.05, 4.69) is 29.1 Å². The number of aromatic nitrogens is 2. The van der Waals surface area contributed by atoms with Gasteiger partial charge in [-0.15, -0.1) is 0 Å². The summed E-state index contributed by atoms with van der Waals surface area (Å²) >= 11 is 0. The molecule has 3 N–H and O–H groups in total. The van der Waals surface area contributed by atoms with Crippen LogP contribution >= 0.6 is 0 Å². The monoisotopic (exact) mass is 237 g/mol. The molecule has 0 saturated heterocycles. The molecule has 0 unspecified atom stereocenters. The normalized spacial score (nSPS) is 11.4. The Morgan fingerprint density at radius 1 is 1.35 bits per heavy atom. The SMILES string of the molecule is CCC(N)(CC)CNc1ccnc(N(C)C)n1. The first-order valence-corrected chi connectivity index (χ1v) is 6.04. The van der Waals surface area contributed by atoms with Gasteiger partial charge in [0.2, 0.25) is 5.95 Å². The molecule has 0 amide bonds. The highest BCUT2D eigenvalue weighted by atomic mass is 15.2. The van der Waals surface area contributed by atoms with Crippen molar-refractivity contribution in [2.75, 3.05) is 30.9 Å².